The molecule has 0 bridgehead atoms. The molecule has 3 N–H and O–H groups in total. The number of benzene rings is 2. The molecule has 1 aromatic heterocycles. The summed E-state index contributed by atoms with van der Waals surface area (Å²) in [7, 11) is 1.61. The molecule has 0 atom stereocenters. The monoisotopic (exact) mass is 569 g/mol. The summed E-state index contributed by atoms with van der Waals surface area (Å²) in [6.45, 7) is 0.502. The molecule has 4 rings (SSSR count). The summed E-state index contributed by atoms with van der Waals surface area (Å²) in [4.78, 5) is 46.6. The first-order chi connectivity index (χ1) is 18.4. The predicted molar refractivity (Wildman–Crippen MR) is 154 cm³/mol. The van der Waals surface area contributed by atoms with E-state index in [-0.39, 0.29) is 29.9 Å². The molecule has 3 amide bonds. The highest BCUT2D eigenvalue weighted by Gasteiger charge is 2.31. The summed E-state index contributed by atoms with van der Waals surface area (Å²) in [5, 5.41) is 0.644. The summed E-state index contributed by atoms with van der Waals surface area (Å²) < 4.78 is 5.70. The van der Waals surface area contributed by atoms with Crippen LogP contribution in [0.2, 0.25) is 0 Å². The van der Waals surface area contributed by atoms with Gasteiger partial charge < -0.3 is 9.72 Å². The number of ether oxygens (including phenoxy) is 1. The lowest BCUT2D eigenvalue weighted by Crippen LogP contribution is -2.42. The number of aromatic amines is 1. The lowest BCUT2D eigenvalue weighted by Gasteiger charge is -2.14. The lowest BCUT2D eigenvalue weighted by molar-refractivity contribution is -0.127. The van der Waals surface area contributed by atoms with Gasteiger partial charge in [0.05, 0.1) is 28.8 Å². The van der Waals surface area contributed by atoms with E-state index in [2.05, 4.69) is 20.8 Å². The number of amides is 3. The highest BCUT2D eigenvalue weighted by molar-refractivity contribution is 8.26. The van der Waals surface area contributed by atoms with Crippen LogP contribution in [0.3, 0.4) is 0 Å². The molecular weight excluding hydrogens is 543 g/mol. The van der Waals surface area contributed by atoms with E-state index >= 15 is 0 Å². The average Bonchev–Trinajstić information content (AvgIpc) is 3.46. The number of hydrogen-bond acceptors (Lipinski definition) is 8. The molecule has 38 heavy (non-hydrogen) atoms. The van der Waals surface area contributed by atoms with E-state index < -0.39 is 0 Å². The molecule has 0 aliphatic carbocycles. The first kappa shape index (κ1) is 27.7. The van der Waals surface area contributed by atoms with Crippen molar-refractivity contribution in [2.45, 2.75) is 30.8 Å². The number of carbonyl (C=O) groups is 3. The molecule has 1 fully saturated rings. The van der Waals surface area contributed by atoms with Crippen LogP contribution in [0.5, 0.6) is 5.75 Å². The topological polar surface area (TPSA) is 116 Å². The molecule has 3 aromatic rings. The summed E-state index contributed by atoms with van der Waals surface area (Å²) in [6.07, 6.45) is 4.19. The largest absolute Gasteiger partial charge is 0.497 e. The fourth-order valence-corrected chi connectivity index (χ4v) is 5.64. The van der Waals surface area contributed by atoms with E-state index in [1.165, 1.54) is 23.5 Å². The zero-order valence-corrected chi connectivity index (χ0v) is 23.1. The number of unbranched alkanes of at least 4 members (excludes halogenated alkanes) is 2. The minimum Gasteiger partial charge on any atom is -0.497 e. The van der Waals surface area contributed by atoms with Crippen LogP contribution in [-0.4, -0.2) is 56.3 Å². The Labute approximate surface area is 234 Å². The Bertz CT molecular complexity index is 1320. The molecule has 0 radical (unpaired) electrons. The number of fused-ring (bicyclic) bond motifs is 1. The van der Waals surface area contributed by atoms with Gasteiger partial charge in [-0.2, -0.15) is 0 Å². The number of H-pyrrole nitrogens is 1. The maximum absolute atomic E-state index is 12.8. The Kier molecular flexibility index (Phi) is 9.79. The Hall–Kier alpha value is -3.35. The Morgan fingerprint density at radius 2 is 1.87 bits per heavy atom. The fourth-order valence-electron chi connectivity index (χ4n) is 3.65. The number of hydrazine groups is 1. The Morgan fingerprint density at radius 1 is 1.11 bits per heavy atom. The van der Waals surface area contributed by atoms with Gasteiger partial charge in [-0.1, -0.05) is 66.4 Å². The Balaban J connectivity index is 1.10. The third kappa shape index (κ3) is 7.59. The van der Waals surface area contributed by atoms with Gasteiger partial charge in [0.2, 0.25) is 11.8 Å². The maximum atomic E-state index is 12.8. The number of thiocarbonyl (C=S) groups is 1. The van der Waals surface area contributed by atoms with Crippen LogP contribution in [-0.2, 0) is 14.4 Å². The molecule has 2 aromatic carbocycles. The van der Waals surface area contributed by atoms with Crippen molar-refractivity contribution in [1.29, 1.82) is 0 Å². The zero-order valence-electron chi connectivity index (χ0n) is 20.7. The smallest absolute Gasteiger partial charge is 0.266 e. The van der Waals surface area contributed by atoms with Crippen molar-refractivity contribution in [3.05, 3.63) is 59.0 Å². The number of para-hydroxylation sites is 2. The quantitative estimate of drug-likeness (QED) is 0.103. The van der Waals surface area contributed by atoms with Crippen LogP contribution in [0.25, 0.3) is 17.1 Å². The molecule has 198 valence electrons. The Morgan fingerprint density at radius 3 is 2.63 bits per heavy atom. The molecule has 0 unspecified atom stereocenters. The van der Waals surface area contributed by atoms with Crippen molar-refractivity contribution in [2.75, 3.05) is 19.4 Å². The summed E-state index contributed by atoms with van der Waals surface area (Å²) in [5.74, 6) is 0.193. The van der Waals surface area contributed by atoms with Crippen molar-refractivity contribution in [2.24, 2.45) is 0 Å². The fraction of sp³-hybridized carbons (Fsp3) is 0.269. The molecule has 0 saturated carbocycles. The third-order valence-electron chi connectivity index (χ3n) is 5.62. The van der Waals surface area contributed by atoms with E-state index in [0.29, 0.717) is 27.3 Å². The molecule has 12 heteroatoms. The van der Waals surface area contributed by atoms with Crippen LogP contribution < -0.4 is 15.6 Å². The minimum absolute atomic E-state index is 0.100. The van der Waals surface area contributed by atoms with E-state index in [4.69, 9.17) is 17.0 Å². The van der Waals surface area contributed by atoms with E-state index in [1.54, 1.807) is 12.0 Å². The number of nitrogens with one attached hydrogen (secondary N) is 3. The molecular formula is C26H27N5O4S3. The van der Waals surface area contributed by atoms with E-state index in [1.807, 2.05) is 54.6 Å². The second-order valence-corrected chi connectivity index (χ2v) is 11.0. The third-order valence-corrected chi connectivity index (χ3v) is 7.87. The number of carbonyl (C=O) groups excluding carboxylic acids is 3. The average molecular weight is 570 g/mol. The highest BCUT2D eigenvalue weighted by Crippen LogP contribution is 2.33. The van der Waals surface area contributed by atoms with Crippen LogP contribution in [0.15, 0.2) is 58.6 Å². The van der Waals surface area contributed by atoms with E-state index in [9.17, 15) is 14.4 Å². The number of rotatable bonds is 11. The predicted octanol–water partition coefficient (Wildman–Crippen LogP) is 4.27. The maximum Gasteiger partial charge on any atom is 0.266 e. The normalized spacial score (nSPS) is 14.3. The van der Waals surface area contributed by atoms with Gasteiger partial charge in [0.1, 0.15) is 10.1 Å². The number of thioether (sulfide) groups is 2. The first-order valence-electron chi connectivity index (χ1n) is 12.0. The van der Waals surface area contributed by atoms with Gasteiger partial charge in [-0.25, -0.2) is 4.98 Å². The molecule has 1 saturated heterocycles. The van der Waals surface area contributed by atoms with Crippen LogP contribution in [0, 0.1) is 0 Å². The summed E-state index contributed by atoms with van der Waals surface area (Å²) >= 11 is 7.95. The van der Waals surface area contributed by atoms with E-state index in [0.717, 1.165) is 35.2 Å². The summed E-state index contributed by atoms with van der Waals surface area (Å²) in [5.41, 5.74) is 7.51. The van der Waals surface area contributed by atoms with Crippen molar-refractivity contribution < 1.29 is 19.1 Å². The van der Waals surface area contributed by atoms with Crippen molar-refractivity contribution in [3.63, 3.8) is 0 Å². The van der Waals surface area contributed by atoms with Gasteiger partial charge in [0, 0.05) is 13.0 Å². The zero-order chi connectivity index (χ0) is 26.9. The molecule has 2 heterocycles. The minimum atomic E-state index is -0.319. The molecule has 1 aliphatic heterocycles. The highest BCUT2D eigenvalue weighted by atomic mass is 32.2. The number of hydrogen-bond donors (Lipinski definition) is 3. The van der Waals surface area contributed by atoms with Crippen molar-refractivity contribution in [1.82, 2.24) is 25.7 Å². The van der Waals surface area contributed by atoms with Gasteiger partial charge in [-0.3, -0.25) is 30.1 Å². The lowest BCUT2D eigenvalue weighted by atomic mass is 10.1. The van der Waals surface area contributed by atoms with Crippen molar-refractivity contribution in [3.8, 4) is 5.75 Å². The van der Waals surface area contributed by atoms with Gasteiger partial charge in [-0.15, -0.1) is 0 Å². The number of aromatic nitrogens is 2. The van der Waals surface area contributed by atoms with Crippen LogP contribution in [0.4, 0.5) is 0 Å². The van der Waals surface area contributed by atoms with Gasteiger partial charge >= 0.3 is 0 Å². The summed E-state index contributed by atoms with van der Waals surface area (Å²) in [6, 6.07) is 15.1. The van der Waals surface area contributed by atoms with Gasteiger partial charge in [-0.05, 0) is 48.7 Å². The molecule has 1 aliphatic rings. The second kappa shape index (κ2) is 13.4. The van der Waals surface area contributed by atoms with Crippen molar-refractivity contribution >= 4 is 74.9 Å². The van der Waals surface area contributed by atoms with Gasteiger partial charge in [0.25, 0.3) is 5.91 Å². The second-order valence-electron chi connectivity index (χ2n) is 8.36. The number of methoxy groups -OCH3 is 1. The molecule has 9 nitrogen and oxygen atoms in total. The number of imidazole rings is 1. The standard InChI is InChI=1S/C26H27N5O4S3/c1-35-18-12-10-17(11-13-18)15-21-24(34)31(26(36)38-21)14-6-2-3-9-22(32)29-30-23(33)16-37-25-27-19-7-4-5-8-20(19)28-25/h4-5,7-8,10-13,15H,2-3,6,9,14,16H2,1H3,(H,27,28)(H,29,32)(H,30,33)/b21-15-. The molecule has 0 spiro atoms. The SMILES string of the molecule is COc1ccc(/C=C2\SC(=S)N(CCCCCC(=O)NNC(=O)CSc3nc4ccccc4[nH]3)C2=O)cc1. The van der Waals surface area contributed by atoms with Crippen LogP contribution in [0.1, 0.15) is 31.2 Å². The number of nitrogens with zero attached hydrogens (tertiary/aromatic N) is 2. The van der Waals surface area contributed by atoms with Gasteiger partial charge in [0.15, 0.2) is 5.16 Å². The van der Waals surface area contributed by atoms with Crippen LogP contribution >= 0.6 is 35.7 Å². The first-order valence-corrected chi connectivity index (χ1v) is 14.2.